The van der Waals surface area contributed by atoms with E-state index in [9.17, 15) is 0 Å². The summed E-state index contributed by atoms with van der Waals surface area (Å²) in [5.41, 5.74) is 18.4. The Hall–Kier alpha value is -3.14. The molecule has 2 heterocycles. The van der Waals surface area contributed by atoms with E-state index in [2.05, 4.69) is 53.7 Å². The molecule has 0 spiro atoms. The molecule has 4 nitrogen and oxygen atoms in total. The van der Waals surface area contributed by atoms with Gasteiger partial charge in [-0.05, 0) is 18.6 Å². The van der Waals surface area contributed by atoms with Gasteiger partial charge in [0.15, 0.2) is 11.4 Å². The quantitative estimate of drug-likeness (QED) is 0.216. The van der Waals surface area contributed by atoms with Crippen molar-refractivity contribution in [3.63, 3.8) is 0 Å². The molecule has 34 heavy (non-hydrogen) atoms. The second-order valence-electron chi connectivity index (χ2n) is 9.34. The van der Waals surface area contributed by atoms with Gasteiger partial charge in [0.25, 0.3) is 0 Å². The second kappa shape index (κ2) is 12.9. The molecule has 0 radical (unpaired) electrons. The summed E-state index contributed by atoms with van der Waals surface area (Å²) in [7, 11) is 0. The molecular formula is C30H42N4+2. The predicted octanol–water partition coefficient (Wildman–Crippen LogP) is 6.70. The summed E-state index contributed by atoms with van der Waals surface area (Å²) in [6.45, 7) is 7.54. The van der Waals surface area contributed by atoms with Crippen LogP contribution in [0, 0.1) is 13.8 Å². The van der Waals surface area contributed by atoms with Gasteiger partial charge in [0, 0.05) is 44.5 Å². The Morgan fingerprint density at radius 2 is 1.29 bits per heavy atom. The maximum Gasteiger partial charge on any atom is 0.214 e. The van der Waals surface area contributed by atoms with Gasteiger partial charge in [-0.25, -0.2) is 4.98 Å². The van der Waals surface area contributed by atoms with Crippen molar-refractivity contribution in [3.8, 4) is 0 Å². The highest BCUT2D eigenvalue weighted by atomic mass is 15.0. The summed E-state index contributed by atoms with van der Waals surface area (Å²) < 4.78 is 2.42. The van der Waals surface area contributed by atoms with Gasteiger partial charge in [-0.15, -0.1) is 0 Å². The van der Waals surface area contributed by atoms with Crippen LogP contribution in [0.2, 0.25) is 0 Å². The van der Waals surface area contributed by atoms with Crippen LogP contribution < -0.4 is 21.0 Å². The molecule has 0 saturated carbocycles. The number of aryl methyl sites for hydroxylation is 3. The molecule has 0 amide bonds. The van der Waals surface area contributed by atoms with Gasteiger partial charge >= 0.3 is 0 Å². The van der Waals surface area contributed by atoms with E-state index in [4.69, 9.17) is 11.5 Å². The van der Waals surface area contributed by atoms with E-state index in [0.717, 1.165) is 34.5 Å². The first-order valence-electron chi connectivity index (χ1n) is 12.9. The maximum atomic E-state index is 6.15. The molecule has 0 bridgehead atoms. The molecule has 5 N–H and O–H groups in total. The van der Waals surface area contributed by atoms with E-state index >= 15 is 0 Å². The van der Waals surface area contributed by atoms with Gasteiger partial charge < -0.3 is 11.5 Å². The molecule has 4 rings (SSSR count). The van der Waals surface area contributed by atoms with Gasteiger partial charge in [-0.2, -0.15) is 4.57 Å². The third-order valence-electron chi connectivity index (χ3n) is 6.47. The van der Waals surface area contributed by atoms with Crippen molar-refractivity contribution >= 4 is 33.2 Å². The first-order chi connectivity index (χ1) is 16.5. The zero-order valence-electron chi connectivity index (χ0n) is 21.2. The van der Waals surface area contributed by atoms with Crippen LogP contribution in [0.5, 0.6) is 0 Å². The number of nitrogens with zero attached hydrogens (tertiary/aromatic N) is 1. The largest absolute Gasteiger partial charge is 0.398 e. The van der Waals surface area contributed by atoms with Crippen LogP contribution in [-0.4, -0.2) is 0 Å². The average molecular weight is 459 g/mol. The van der Waals surface area contributed by atoms with E-state index in [-0.39, 0.29) is 0 Å². The number of nitrogen functional groups attached to an aromatic ring is 2. The average Bonchev–Trinajstić information content (AvgIpc) is 2.83. The van der Waals surface area contributed by atoms with Crippen molar-refractivity contribution in [2.45, 2.75) is 78.7 Å². The minimum absolute atomic E-state index is 0.835. The Labute approximate surface area is 205 Å². The van der Waals surface area contributed by atoms with E-state index in [1.54, 1.807) is 0 Å². The van der Waals surface area contributed by atoms with Crippen molar-refractivity contribution in [1.82, 2.24) is 0 Å². The van der Waals surface area contributed by atoms with Crippen LogP contribution in [0.25, 0.3) is 21.8 Å². The van der Waals surface area contributed by atoms with Crippen molar-refractivity contribution in [1.29, 1.82) is 0 Å². The summed E-state index contributed by atoms with van der Waals surface area (Å²) in [6.07, 6.45) is 10.9. The monoisotopic (exact) mass is 458 g/mol. The minimum Gasteiger partial charge on any atom is -0.398 e. The number of pyridine rings is 2. The number of benzene rings is 2. The van der Waals surface area contributed by atoms with Crippen LogP contribution in [0.4, 0.5) is 11.4 Å². The lowest BCUT2D eigenvalue weighted by Crippen LogP contribution is -2.38. The number of rotatable bonds is 9. The van der Waals surface area contributed by atoms with Crippen molar-refractivity contribution in [2.75, 3.05) is 11.5 Å². The van der Waals surface area contributed by atoms with Crippen LogP contribution >= 0.6 is 0 Å². The fourth-order valence-corrected chi connectivity index (χ4v) is 4.63. The summed E-state index contributed by atoms with van der Waals surface area (Å²) >= 11 is 0. The molecular weight excluding hydrogens is 416 g/mol. The standard InChI is InChI=1S/C20H30N2.C10H10N2/c1-3-4-5-6-7-8-9-12-15-22-17(2)16-19(21)18-13-10-11-14-20(18)22;1-7-6-9(11)8-4-2-3-5-10(8)12-7/h10-11,13-14,16,21H,3-9,12,15H2,1-2H3;2-6H,1H3,(H2,11,12)/p+2. The van der Waals surface area contributed by atoms with E-state index in [1.165, 1.54) is 68.0 Å². The number of H-pyrrole nitrogens is 1. The Morgan fingerprint density at radius 3 is 2.03 bits per heavy atom. The molecule has 2 aromatic heterocycles. The molecule has 4 heteroatoms. The Kier molecular flexibility index (Phi) is 9.69. The Bertz CT molecular complexity index is 1200. The van der Waals surface area contributed by atoms with E-state index in [0.29, 0.717) is 0 Å². The smallest absolute Gasteiger partial charge is 0.214 e. The van der Waals surface area contributed by atoms with Crippen molar-refractivity contribution in [2.24, 2.45) is 0 Å². The SMILES string of the molecule is CCCCCCCCCC[n+]1c(C)cc(N)c2ccccc21.Cc1cc(N)c2ccccc2[nH+]1. The van der Waals surface area contributed by atoms with Gasteiger partial charge in [0.2, 0.25) is 11.0 Å². The number of nitrogens with two attached hydrogens (primary N) is 2. The minimum atomic E-state index is 0.835. The highest BCUT2D eigenvalue weighted by Gasteiger charge is 2.14. The zero-order chi connectivity index (χ0) is 24.3. The molecule has 4 aromatic rings. The summed E-state index contributed by atoms with van der Waals surface area (Å²) in [5, 5.41) is 2.26. The topological polar surface area (TPSA) is 70.1 Å². The summed E-state index contributed by atoms with van der Waals surface area (Å²) in [5.74, 6) is 0. The Balaban J connectivity index is 0.000000226. The fraction of sp³-hybridized carbons (Fsp3) is 0.400. The van der Waals surface area contributed by atoms with Gasteiger partial charge in [-0.1, -0.05) is 69.7 Å². The first kappa shape index (κ1) is 25.5. The first-order valence-corrected chi connectivity index (χ1v) is 12.9. The maximum absolute atomic E-state index is 6.15. The molecule has 0 saturated heterocycles. The third-order valence-corrected chi connectivity index (χ3v) is 6.47. The van der Waals surface area contributed by atoms with Gasteiger partial charge in [0.1, 0.15) is 6.54 Å². The number of unbranched alkanes of at least 4 members (excludes halogenated alkanes) is 7. The van der Waals surface area contributed by atoms with Gasteiger partial charge in [-0.3, -0.25) is 0 Å². The van der Waals surface area contributed by atoms with E-state index < -0.39 is 0 Å². The molecule has 0 fully saturated rings. The van der Waals surface area contributed by atoms with Crippen LogP contribution in [0.15, 0.2) is 60.7 Å². The molecule has 0 aliphatic rings. The number of hydrogen-bond donors (Lipinski definition) is 2. The molecule has 0 aliphatic carbocycles. The number of aromatic amines is 1. The number of hydrogen-bond acceptors (Lipinski definition) is 2. The number of para-hydroxylation sites is 2. The van der Waals surface area contributed by atoms with Crippen LogP contribution in [0.3, 0.4) is 0 Å². The van der Waals surface area contributed by atoms with Gasteiger partial charge in [0.05, 0.1) is 22.1 Å². The summed E-state index contributed by atoms with van der Waals surface area (Å²) in [4.78, 5) is 3.25. The molecule has 0 aliphatic heterocycles. The summed E-state index contributed by atoms with van der Waals surface area (Å²) in [6, 6.07) is 20.5. The molecule has 0 unspecified atom stereocenters. The predicted molar refractivity (Wildman–Crippen MR) is 146 cm³/mol. The fourth-order valence-electron chi connectivity index (χ4n) is 4.63. The molecule has 180 valence electrons. The van der Waals surface area contributed by atoms with Crippen LogP contribution in [-0.2, 0) is 6.54 Å². The number of anilines is 2. The van der Waals surface area contributed by atoms with Crippen molar-refractivity contribution in [3.05, 3.63) is 72.1 Å². The normalized spacial score (nSPS) is 10.9. The lowest BCUT2D eigenvalue weighted by molar-refractivity contribution is -0.677. The lowest BCUT2D eigenvalue weighted by Gasteiger charge is -2.07. The number of fused-ring (bicyclic) bond motifs is 2. The van der Waals surface area contributed by atoms with E-state index in [1.807, 2.05) is 37.3 Å². The van der Waals surface area contributed by atoms with Crippen molar-refractivity contribution < 1.29 is 9.55 Å². The highest BCUT2D eigenvalue weighted by Crippen LogP contribution is 2.19. The second-order valence-corrected chi connectivity index (χ2v) is 9.34. The third kappa shape index (κ3) is 6.93. The number of nitrogens with one attached hydrogen (secondary N) is 1. The highest BCUT2D eigenvalue weighted by molar-refractivity contribution is 5.88. The number of aromatic nitrogens is 2. The zero-order valence-corrected chi connectivity index (χ0v) is 21.2. The lowest BCUT2D eigenvalue weighted by atomic mass is 10.1. The Morgan fingerprint density at radius 1 is 0.706 bits per heavy atom. The van der Waals surface area contributed by atoms with Crippen LogP contribution in [0.1, 0.15) is 69.7 Å². The molecule has 0 atom stereocenters. The molecule has 2 aromatic carbocycles.